The van der Waals surface area contributed by atoms with Crippen LogP contribution >= 0.6 is 11.8 Å². The van der Waals surface area contributed by atoms with Crippen molar-refractivity contribution in [3.63, 3.8) is 0 Å². The molecule has 0 fully saturated rings. The van der Waals surface area contributed by atoms with Crippen LogP contribution in [0.15, 0.2) is 30.3 Å². The molecule has 1 aromatic rings. The molecule has 19 heavy (non-hydrogen) atoms. The van der Waals surface area contributed by atoms with Crippen LogP contribution in [0.25, 0.3) is 0 Å². The molecule has 1 nitrogen and oxygen atoms in total. The lowest BCUT2D eigenvalue weighted by atomic mass is 10.2. The lowest BCUT2D eigenvalue weighted by Crippen LogP contribution is -2.33. The fourth-order valence-electron chi connectivity index (χ4n) is 1.31. The van der Waals surface area contributed by atoms with Crippen molar-refractivity contribution >= 4 is 11.8 Å². The predicted octanol–water partition coefficient (Wildman–Crippen LogP) is 4.05. The lowest BCUT2D eigenvalue weighted by Gasteiger charge is -2.18. The first-order chi connectivity index (χ1) is 8.83. The summed E-state index contributed by atoms with van der Waals surface area (Å²) >= 11 is -0.366. The number of hydrogen-bond acceptors (Lipinski definition) is 2. The van der Waals surface area contributed by atoms with E-state index in [1.165, 1.54) is 0 Å². The number of alkyl halides is 5. The van der Waals surface area contributed by atoms with E-state index in [-0.39, 0.29) is 23.9 Å². The van der Waals surface area contributed by atoms with Gasteiger partial charge in [-0.2, -0.15) is 22.0 Å². The summed E-state index contributed by atoms with van der Waals surface area (Å²) in [6.07, 6.45) is -5.22. The van der Waals surface area contributed by atoms with Crippen LogP contribution in [0, 0.1) is 0 Å². The topological polar surface area (TPSA) is 12.0 Å². The minimum Gasteiger partial charge on any atom is -0.313 e. The van der Waals surface area contributed by atoms with Crippen molar-refractivity contribution in [1.82, 2.24) is 5.32 Å². The highest BCUT2D eigenvalue weighted by Crippen LogP contribution is 2.44. The number of thioether (sulfide) groups is 1. The van der Waals surface area contributed by atoms with Gasteiger partial charge in [-0.25, -0.2) is 0 Å². The third-order valence-electron chi connectivity index (χ3n) is 2.28. The normalized spacial score (nSPS) is 12.7. The average Bonchev–Trinajstić information content (AvgIpc) is 2.33. The first-order valence-corrected chi connectivity index (χ1v) is 6.64. The maximum Gasteiger partial charge on any atom is 0.464 e. The molecule has 0 heterocycles. The van der Waals surface area contributed by atoms with Crippen molar-refractivity contribution in [2.45, 2.75) is 24.4 Å². The maximum atomic E-state index is 12.5. The Morgan fingerprint density at radius 1 is 1.00 bits per heavy atom. The van der Waals surface area contributed by atoms with Crippen LogP contribution in [0.4, 0.5) is 22.0 Å². The molecular weight excluding hydrogens is 285 g/mol. The van der Waals surface area contributed by atoms with E-state index in [0.29, 0.717) is 13.1 Å². The summed E-state index contributed by atoms with van der Waals surface area (Å²) in [6, 6.07) is 9.42. The third kappa shape index (κ3) is 5.78. The van der Waals surface area contributed by atoms with Gasteiger partial charge in [0.15, 0.2) is 0 Å². The van der Waals surface area contributed by atoms with E-state index in [1.54, 1.807) is 0 Å². The third-order valence-corrected chi connectivity index (χ3v) is 3.37. The molecule has 0 aromatic heterocycles. The van der Waals surface area contributed by atoms with E-state index >= 15 is 0 Å². The van der Waals surface area contributed by atoms with Crippen molar-refractivity contribution < 1.29 is 22.0 Å². The van der Waals surface area contributed by atoms with Crippen LogP contribution in [0.3, 0.4) is 0 Å². The van der Waals surface area contributed by atoms with Crippen LogP contribution in [0.2, 0.25) is 0 Å². The van der Waals surface area contributed by atoms with Gasteiger partial charge in [-0.1, -0.05) is 42.1 Å². The summed E-state index contributed by atoms with van der Waals surface area (Å²) in [5.41, 5.74) is 1.04. The molecule has 0 bridgehead atoms. The summed E-state index contributed by atoms with van der Waals surface area (Å²) in [6.45, 7) is 0.969. The standard InChI is InChI=1S/C12H14F5NS/c13-11(14,15)12(16,17)19-8-4-7-18-9-10-5-2-1-3-6-10/h1-3,5-6,18H,4,7-9H2. The second kappa shape index (κ2) is 7.09. The monoisotopic (exact) mass is 299 g/mol. The Hall–Kier alpha value is -0.820. The molecule has 1 rings (SSSR count). The molecule has 108 valence electrons. The zero-order chi connectivity index (χ0) is 14.4. The van der Waals surface area contributed by atoms with Gasteiger partial charge in [0.1, 0.15) is 0 Å². The Kier molecular flexibility index (Phi) is 6.06. The van der Waals surface area contributed by atoms with Gasteiger partial charge < -0.3 is 5.32 Å². The summed E-state index contributed by atoms with van der Waals surface area (Å²) in [5.74, 6) is -0.242. The first-order valence-electron chi connectivity index (χ1n) is 5.66. The smallest absolute Gasteiger partial charge is 0.313 e. The molecule has 0 saturated carbocycles. The molecule has 0 aliphatic rings. The van der Waals surface area contributed by atoms with Gasteiger partial charge in [-0.15, -0.1) is 0 Å². The van der Waals surface area contributed by atoms with E-state index in [4.69, 9.17) is 0 Å². The van der Waals surface area contributed by atoms with Crippen molar-refractivity contribution in [2.75, 3.05) is 12.3 Å². The summed E-state index contributed by atoms with van der Waals surface area (Å²) in [4.78, 5) is 0. The van der Waals surface area contributed by atoms with Crippen LogP contribution in [0.1, 0.15) is 12.0 Å². The van der Waals surface area contributed by atoms with E-state index in [0.717, 1.165) is 5.56 Å². The van der Waals surface area contributed by atoms with E-state index < -0.39 is 11.4 Å². The molecule has 0 unspecified atom stereocenters. The van der Waals surface area contributed by atoms with Crippen molar-refractivity contribution in [1.29, 1.82) is 0 Å². The van der Waals surface area contributed by atoms with Gasteiger partial charge in [0, 0.05) is 12.3 Å². The molecule has 7 heteroatoms. The minimum atomic E-state index is -5.48. The maximum absolute atomic E-state index is 12.5. The zero-order valence-corrected chi connectivity index (χ0v) is 10.8. The highest BCUT2D eigenvalue weighted by Gasteiger charge is 2.57. The van der Waals surface area contributed by atoms with Gasteiger partial charge in [-0.3, -0.25) is 0 Å². The van der Waals surface area contributed by atoms with E-state index in [9.17, 15) is 22.0 Å². The lowest BCUT2D eigenvalue weighted by molar-refractivity contribution is -0.237. The zero-order valence-electron chi connectivity index (χ0n) is 10.0. The Bertz CT molecular complexity index is 366. The van der Waals surface area contributed by atoms with Crippen molar-refractivity contribution in [2.24, 2.45) is 0 Å². The SMILES string of the molecule is FC(F)(F)C(F)(F)SCCCNCc1ccccc1. The highest BCUT2D eigenvalue weighted by molar-refractivity contribution is 8.00. The van der Waals surface area contributed by atoms with E-state index in [2.05, 4.69) is 5.32 Å². The number of benzene rings is 1. The Morgan fingerprint density at radius 3 is 2.21 bits per heavy atom. The molecular formula is C12H14F5NS. The second-order valence-electron chi connectivity index (χ2n) is 3.88. The Morgan fingerprint density at radius 2 is 1.63 bits per heavy atom. The van der Waals surface area contributed by atoms with Gasteiger partial charge in [0.2, 0.25) is 0 Å². The van der Waals surface area contributed by atoms with Gasteiger partial charge in [-0.05, 0) is 18.5 Å². The van der Waals surface area contributed by atoms with Crippen LogP contribution < -0.4 is 5.32 Å². The van der Waals surface area contributed by atoms with Crippen molar-refractivity contribution in [3.05, 3.63) is 35.9 Å². The first kappa shape index (κ1) is 16.2. The Balaban J connectivity index is 2.12. The minimum absolute atomic E-state index is 0.242. The summed E-state index contributed by atoms with van der Waals surface area (Å²) in [7, 11) is 0. The number of halogens is 5. The number of rotatable bonds is 7. The molecule has 0 aliphatic heterocycles. The molecule has 0 radical (unpaired) electrons. The fourth-order valence-corrected chi connectivity index (χ4v) is 2.02. The number of nitrogens with one attached hydrogen (secondary N) is 1. The second-order valence-corrected chi connectivity index (χ2v) is 5.09. The summed E-state index contributed by atoms with van der Waals surface area (Å²) in [5, 5.41) is -1.67. The molecule has 0 saturated heterocycles. The van der Waals surface area contributed by atoms with Crippen molar-refractivity contribution in [3.8, 4) is 0 Å². The largest absolute Gasteiger partial charge is 0.464 e. The number of hydrogen-bond donors (Lipinski definition) is 1. The van der Waals surface area contributed by atoms with Gasteiger partial charge in [0.05, 0.1) is 0 Å². The van der Waals surface area contributed by atoms with Gasteiger partial charge >= 0.3 is 11.4 Å². The molecule has 0 atom stereocenters. The average molecular weight is 299 g/mol. The Labute approximate surface area is 112 Å². The van der Waals surface area contributed by atoms with Crippen LogP contribution in [0.5, 0.6) is 0 Å². The molecule has 1 N–H and O–H groups in total. The summed E-state index contributed by atoms with van der Waals surface area (Å²) < 4.78 is 60.6. The van der Waals surface area contributed by atoms with E-state index in [1.807, 2.05) is 30.3 Å². The van der Waals surface area contributed by atoms with Gasteiger partial charge in [0.25, 0.3) is 0 Å². The van der Waals surface area contributed by atoms with Crippen LogP contribution in [-0.4, -0.2) is 23.7 Å². The molecule has 0 aliphatic carbocycles. The molecule has 0 spiro atoms. The highest BCUT2D eigenvalue weighted by atomic mass is 32.2. The van der Waals surface area contributed by atoms with Crippen LogP contribution in [-0.2, 0) is 6.54 Å². The predicted molar refractivity (Wildman–Crippen MR) is 66.2 cm³/mol. The molecule has 0 amide bonds. The molecule has 1 aromatic carbocycles. The fraction of sp³-hybridized carbons (Fsp3) is 0.500. The quantitative estimate of drug-likeness (QED) is 0.602.